The minimum atomic E-state index is 0.473. The van der Waals surface area contributed by atoms with Gasteiger partial charge in [0.05, 0.1) is 7.05 Å². The van der Waals surface area contributed by atoms with E-state index in [2.05, 4.69) is 39.7 Å². The van der Waals surface area contributed by atoms with Gasteiger partial charge in [-0.3, -0.25) is 0 Å². The number of hydrogen-bond acceptors (Lipinski definition) is 5. The van der Waals surface area contributed by atoms with Crippen LogP contribution in [0.4, 0.5) is 0 Å². The molecule has 0 saturated carbocycles. The van der Waals surface area contributed by atoms with Gasteiger partial charge in [0.2, 0.25) is 0 Å². The Bertz CT molecular complexity index is 417. The highest BCUT2D eigenvalue weighted by Gasteiger charge is 2.40. The average Bonchev–Trinajstić information content (AvgIpc) is 2.87. The van der Waals surface area contributed by atoms with Crippen molar-refractivity contribution in [2.45, 2.75) is 50.2 Å². The summed E-state index contributed by atoms with van der Waals surface area (Å²) in [4.78, 5) is 4.13. The zero-order chi connectivity index (χ0) is 13.4. The van der Waals surface area contributed by atoms with E-state index in [0.717, 1.165) is 30.2 Å². The van der Waals surface area contributed by atoms with Gasteiger partial charge in [-0.2, -0.15) is 4.80 Å². The van der Waals surface area contributed by atoms with Crippen LogP contribution in [0.3, 0.4) is 0 Å². The molecule has 6 nitrogen and oxygen atoms in total. The smallest absolute Gasteiger partial charge is 0.176 e. The van der Waals surface area contributed by atoms with Crippen LogP contribution in [-0.2, 0) is 13.5 Å². The molecule has 1 aromatic rings. The maximum absolute atomic E-state index is 4.31. The lowest BCUT2D eigenvalue weighted by Gasteiger charge is -2.39. The van der Waals surface area contributed by atoms with Gasteiger partial charge in [0.1, 0.15) is 0 Å². The highest BCUT2D eigenvalue weighted by molar-refractivity contribution is 4.98. The molecule has 106 valence electrons. The molecule has 3 atom stereocenters. The minimum absolute atomic E-state index is 0.473. The summed E-state index contributed by atoms with van der Waals surface area (Å²) < 4.78 is 0. The van der Waals surface area contributed by atoms with Crippen LogP contribution in [0.15, 0.2) is 0 Å². The summed E-state index contributed by atoms with van der Waals surface area (Å²) in [6, 6.07) is 2.05. The Balaban J connectivity index is 1.66. The summed E-state index contributed by atoms with van der Waals surface area (Å²) in [6.07, 6.45) is 6.24. The molecule has 2 saturated heterocycles. The van der Waals surface area contributed by atoms with Crippen molar-refractivity contribution in [2.75, 3.05) is 14.1 Å². The van der Waals surface area contributed by atoms with Crippen molar-refractivity contribution in [3.8, 4) is 0 Å². The Labute approximate surface area is 114 Å². The fourth-order valence-electron chi connectivity index (χ4n) is 3.89. The first-order chi connectivity index (χ1) is 9.17. The predicted octanol–water partition coefficient (Wildman–Crippen LogP) is 0.213. The molecular formula is C13H24N6. The lowest BCUT2D eigenvalue weighted by molar-refractivity contribution is 0.113. The Morgan fingerprint density at radius 1 is 1.26 bits per heavy atom. The molecular weight excluding hydrogens is 240 g/mol. The zero-order valence-electron chi connectivity index (χ0n) is 12.1. The van der Waals surface area contributed by atoms with Crippen LogP contribution in [0.1, 0.15) is 31.5 Å². The van der Waals surface area contributed by atoms with E-state index in [-0.39, 0.29) is 0 Å². The number of piperidine rings is 1. The maximum Gasteiger partial charge on any atom is 0.176 e. The summed E-state index contributed by atoms with van der Waals surface area (Å²) in [5.74, 6) is 1.59. The molecule has 3 heterocycles. The average molecular weight is 264 g/mol. The second kappa shape index (κ2) is 5.17. The van der Waals surface area contributed by atoms with Gasteiger partial charge in [0.15, 0.2) is 5.82 Å². The van der Waals surface area contributed by atoms with Crippen LogP contribution in [0, 0.1) is 5.92 Å². The number of rotatable bonds is 4. The number of fused-ring (bicyclic) bond motifs is 2. The Kier molecular flexibility index (Phi) is 3.54. The zero-order valence-corrected chi connectivity index (χ0v) is 12.1. The molecule has 0 aromatic carbocycles. The van der Waals surface area contributed by atoms with Crippen LogP contribution in [0.5, 0.6) is 0 Å². The number of nitrogens with zero attached hydrogens (tertiary/aromatic N) is 5. The first-order valence-corrected chi connectivity index (χ1v) is 7.29. The molecule has 0 radical (unpaired) electrons. The molecule has 3 rings (SSSR count). The summed E-state index contributed by atoms with van der Waals surface area (Å²) >= 11 is 0. The molecule has 6 heteroatoms. The molecule has 1 aromatic heterocycles. The first kappa shape index (κ1) is 13.0. The van der Waals surface area contributed by atoms with Gasteiger partial charge in [-0.1, -0.05) is 0 Å². The van der Waals surface area contributed by atoms with Crippen molar-refractivity contribution >= 4 is 0 Å². The minimum Gasteiger partial charge on any atom is -0.316 e. The molecule has 2 aliphatic heterocycles. The fraction of sp³-hybridized carbons (Fsp3) is 0.923. The molecule has 2 bridgehead atoms. The normalized spacial score (nSPS) is 32.7. The van der Waals surface area contributed by atoms with Gasteiger partial charge in [0, 0.05) is 24.5 Å². The molecule has 0 spiro atoms. The summed E-state index contributed by atoms with van der Waals surface area (Å²) in [5, 5.41) is 15.8. The molecule has 2 aliphatic rings. The van der Waals surface area contributed by atoms with Crippen LogP contribution >= 0.6 is 0 Å². The van der Waals surface area contributed by atoms with Gasteiger partial charge in [0.25, 0.3) is 0 Å². The van der Waals surface area contributed by atoms with Crippen molar-refractivity contribution < 1.29 is 0 Å². The van der Waals surface area contributed by atoms with Crippen molar-refractivity contribution in [1.82, 2.24) is 30.4 Å². The fourth-order valence-corrected chi connectivity index (χ4v) is 3.89. The molecule has 19 heavy (non-hydrogen) atoms. The van der Waals surface area contributed by atoms with Crippen LogP contribution in [0.2, 0.25) is 0 Å². The Morgan fingerprint density at radius 2 is 1.95 bits per heavy atom. The SMILES string of the molecule is CNC(Cc1nnn(C)n1)C1CC2CCC(C1)N2C. The third-order valence-electron chi connectivity index (χ3n) is 5.03. The quantitative estimate of drug-likeness (QED) is 0.842. The van der Waals surface area contributed by atoms with Crippen LogP contribution in [-0.4, -0.2) is 57.3 Å². The molecule has 0 aliphatic carbocycles. The summed E-state index contributed by atoms with van der Waals surface area (Å²) in [7, 11) is 6.17. The standard InChI is InChI=1S/C13H24N6/c1-14-12(8-13-15-17-19(3)16-13)9-6-10-4-5-11(7-9)18(10)2/h9-12,14H,4-8H2,1-3H3. The third kappa shape index (κ3) is 2.51. The van der Waals surface area contributed by atoms with E-state index in [9.17, 15) is 0 Å². The van der Waals surface area contributed by atoms with E-state index in [4.69, 9.17) is 0 Å². The van der Waals surface area contributed by atoms with Gasteiger partial charge in [-0.15, -0.1) is 10.2 Å². The third-order valence-corrected chi connectivity index (χ3v) is 5.03. The van der Waals surface area contributed by atoms with Gasteiger partial charge in [-0.05, 0) is 50.9 Å². The maximum atomic E-state index is 4.31. The molecule has 3 unspecified atom stereocenters. The number of likely N-dealkylation sites (N-methyl/N-ethyl adjacent to an activating group) is 1. The van der Waals surface area contributed by atoms with Gasteiger partial charge in [-0.25, -0.2) is 0 Å². The van der Waals surface area contributed by atoms with E-state index < -0.39 is 0 Å². The number of nitrogens with one attached hydrogen (secondary N) is 1. The van der Waals surface area contributed by atoms with E-state index in [1.807, 2.05) is 7.05 Å². The number of aromatic nitrogens is 4. The van der Waals surface area contributed by atoms with E-state index in [1.54, 1.807) is 4.80 Å². The highest BCUT2D eigenvalue weighted by atomic mass is 15.6. The first-order valence-electron chi connectivity index (χ1n) is 7.29. The second-order valence-electron chi connectivity index (χ2n) is 6.08. The lowest BCUT2D eigenvalue weighted by Crippen LogP contribution is -2.47. The lowest BCUT2D eigenvalue weighted by atomic mass is 9.83. The van der Waals surface area contributed by atoms with Gasteiger partial charge >= 0.3 is 0 Å². The molecule has 1 N–H and O–H groups in total. The van der Waals surface area contributed by atoms with Gasteiger partial charge < -0.3 is 10.2 Å². The number of aryl methyl sites for hydroxylation is 1. The van der Waals surface area contributed by atoms with E-state index in [0.29, 0.717) is 6.04 Å². The van der Waals surface area contributed by atoms with Crippen molar-refractivity contribution in [2.24, 2.45) is 13.0 Å². The largest absolute Gasteiger partial charge is 0.316 e. The monoisotopic (exact) mass is 264 g/mol. The van der Waals surface area contributed by atoms with Crippen LogP contribution in [0.25, 0.3) is 0 Å². The van der Waals surface area contributed by atoms with Crippen molar-refractivity contribution in [3.05, 3.63) is 5.82 Å². The topological polar surface area (TPSA) is 58.9 Å². The predicted molar refractivity (Wildman–Crippen MR) is 72.6 cm³/mol. The molecule has 2 fully saturated rings. The number of tetrazole rings is 1. The Morgan fingerprint density at radius 3 is 2.47 bits per heavy atom. The van der Waals surface area contributed by atoms with Crippen molar-refractivity contribution in [3.63, 3.8) is 0 Å². The summed E-state index contributed by atoms with van der Waals surface area (Å²) in [6.45, 7) is 0. The van der Waals surface area contributed by atoms with E-state index >= 15 is 0 Å². The van der Waals surface area contributed by atoms with Crippen LogP contribution < -0.4 is 5.32 Å². The van der Waals surface area contributed by atoms with Crippen molar-refractivity contribution in [1.29, 1.82) is 0 Å². The highest BCUT2D eigenvalue weighted by Crippen LogP contribution is 2.39. The summed E-state index contributed by atoms with van der Waals surface area (Å²) in [5.41, 5.74) is 0. The molecule has 0 amide bonds. The second-order valence-corrected chi connectivity index (χ2v) is 6.08. The Hall–Kier alpha value is -1.01. The number of hydrogen-bond donors (Lipinski definition) is 1. The van der Waals surface area contributed by atoms with E-state index in [1.165, 1.54) is 25.7 Å².